The zero-order valence-electron chi connectivity index (χ0n) is 18.7. The van der Waals surface area contributed by atoms with Crippen molar-refractivity contribution in [2.75, 3.05) is 30.5 Å². The first-order chi connectivity index (χ1) is 15.8. The Labute approximate surface area is 197 Å². The van der Waals surface area contributed by atoms with Crippen LogP contribution in [0.15, 0.2) is 24.3 Å². The van der Waals surface area contributed by atoms with E-state index in [4.69, 9.17) is 9.47 Å². The summed E-state index contributed by atoms with van der Waals surface area (Å²) in [5.74, 6) is 0.810. The van der Waals surface area contributed by atoms with Gasteiger partial charge in [-0.1, -0.05) is 19.1 Å². The molecule has 0 saturated carbocycles. The molecule has 1 aromatic carbocycles. The highest BCUT2D eigenvalue weighted by molar-refractivity contribution is 7.91. The number of rotatable bonds is 7. The maximum absolute atomic E-state index is 13.2. The van der Waals surface area contributed by atoms with Crippen LogP contribution in [0.3, 0.4) is 0 Å². The molecular formula is C23H28N2O6S2. The van der Waals surface area contributed by atoms with Gasteiger partial charge in [0.25, 0.3) is 11.8 Å². The van der Waals surface area contributed by atoms with Gasteiger partial charge < -0.3 is 20.1 Å². The van der Waals surface area contributed by atoms with Crippen LogP contribution in [-0.2, 0) is 27.5 Å². The number of methoxy groups -OCH3 is 1. The van der Waals surface area contributed by atoms with E-state index in [1.165, 1.54) is 18.4 Å². The highest BCUT2D eigenvalue weighted by Crippen LogP contribution is 2.40. The summed E-state index contributed by atoms with van der Waals surface area (Å²) in [5, 5.41) is 6.21. The molecule has 10 heteroatoms. The first-order valence-corrected chi connectivity index (χ1v) is 13.6. The molecule has 1 aliphatic heterocycles. The second-order valence-corrected chi connectivity index (χ2v) is 12.0. The standard InChI is InChI=1S/C23H28N2O6S2/c1-14-7-8-16-19(11-14)32-23(21(16)22(27)24-15-9-10-33(28,29)13-15)25-20(26)12-31-18-6-4-3-5-17(18)30-2/h3-6,14-15H,7-13H2,1-2H3,(H,24,27)(H,25,26)/t14-,15+/m1/s1. The van der Waals surface area contributed by atoms with E-state index in [1.54, 1.807) is 18.2 Å². The lowest BCUT2D eigenvalue weighted by molar-refractivity contribution is -0.118. The number of hydrogen-bond donors (Lipinski definition) is 2. The second kappa shape index (κ2) is 9.72. The van der Waals surface area contributed by atoms with Gasteiger partial charge in [-0.15, -0.1) is 11.3 Å². The van der Waals surface area contributed by atoms with Crippen LogP contribution in [0.25, 0.3) is 0 Å². The van der Waals surface area contributed by atoms with Gasteiger partial charge in [0, 0.05) is 10.9 Å². The molecule has 2 heterocycles. The predicted molar refractivity (Wildman–Crippen MR) is 127 cm³/mol. The number of nitrogens with one attached hydrogen (secondary N) is 2. The third-order valence-electron chi connectivity index (χ3n) is 5.99. The molecule has 0 radical (unpaired) electrons. The number of hydrogen-bond acceptors (Lipinski definition) is 7. The topological polar surface area (TPSA) is 111 Å². The van der Waals surface area contributed by atoms with Crippen LogP contribution in [0.2, 0.25) is 0 Å². The molecule has 2 amide bonds. The van der Waals surface area contributed by atoms with Crippen molar-refractivity contribution in [1.82, 2.24) is 5.32 Å². The van der Waals surface area contributed by atoms with Crippen molar-refractivity contribution in [3.05, 3.63) is 40.3 Å². The highest BCUT2D eigenvalue weighted by Gasteiger charge is 2.33. The van der Waals surface area contributed by atoms with Gasteiger partial charge in [0.15, 0.2) is 27.9 Å². The fourth-order valence-corrected chi connectivity index (χ4v) is 7.39. The van der Waals surface area contributed by atoms with E-state index in [0.29, 0.717) is 34.4 Å². The minimum Gasteiger partial charge on any atom is -0.493 e. The Morgan fingerprint density at radius 2 is 1.94 bits per heavy atom. The lowest BCUT2D eigenvalue weighted by Crippen LogP contribution is -2.36. The number of para-hydroxylation sites is 2. The molecule has 0 spiro atoms. The number of sulfone groups is 1. The number of ether oxygens (including phenoxy) is 2. The Hall–Kier alpha value is -2.59. The second-order valence-electron chi connectivity index (χ2n) is 8.62. The van der Waals surface area contributed by atoms with Gasteiger partial charge in [-0.2, -0.15) is 0 Å². The van der Waals surface area contributed by atoms with Crippen LogP contribution in [0.1, 0.15) is 40.6 Å². The van der Waals surface area contributed by atoms with E-state index in [0.717, 1.165) is 29.7 Å². The zero-order valence-corrected chi connectivity index (χ0v) is 20.3. The van der Waals surface area contributed by atoms with Crippen molar-refractivity contribution in [2.45, 2.75) is 38.6 Å². The molecule has 1 aliphatic carbocycles. The van der Waals surface area contributed by atoms with E-state index in [-0.39, 0.29) is 29.9 Å². The molecule has 1 aromatic heterocycles. The Balaban J connectivity index is 1.51. The normalized spacial score (nSPS) is 21.2. The minimum atomic E-state index is -3.11. The van der Waals surface area contributed by atoms with Crippen molar-refractivity contribution in [1.29, 1.82) is 0 Å². The number of fused-ring (bicyclic) bond motifs is 1. The molecule has 8 nitrogen and oxygen atoms in total. The minimum absolute atomic E-state index is 0.0451. The van der Waals surface area contributed by atoms with Gasteiger partial charge in [0.2, 0.25) is 0 Å². The first-order valence-electron chi connectivity index (χ1n) is 11.0. The summed E-state index contributed by atoms with van der Waals surface area (Å²) in [6.45, 7) is 1.94. The van der Waals surface area contributed by atoms with E-state index in [2.05, 4.69) is 17.6 Å². The summed E-state index contributed by atoms with van der Waals surface area (Å²) in [5.41, 5.74) is 1.41. The zero-order chi connectivity index (χ0) is 23.6. The van der Waals surface area contributed by atoms with E-state index >= 15 is 0 Å². The number of thiophene rings is 1. The summed E-state index contributed by atoms with van der Waals surface area (Å²) >= 11 is 1.42. The molecule has 2 aliphatic rings. The highest BCUT2D eigenvalue weighted by atomic mass is 32.2. The third kappa shape index (κ3) is 5.50. The average Bonchev–Trinajstić information content (AvgIpc) is 3.30. The predicted octanol–water partition coefficient (Wildman–Crippen LogP) is 2.82. The van der Waals surface area contributed by atoms with Crippen molar-refractivity contribution < 1.29 is 27.5 Å². The maximum Gasteiger partial charge on any atom is 0.262 e. The number of carbonyl (C=O) groups is 2. The Morgan fingerprint density at radius 3 is 2.64 bits per heavy atom. The summed E-state index contributed by atoms with van der Waals surface area (Å²) in [4.78, 5) is 27.0. The van der Waals surface area contributed by atoms with Crippen LogP contribution >= 0.6 is 11.3 Å². The molecule has 2 atom stereocenters. The van der Waals surface area contributed by atoms with Gasteiger partial charge in [0.1, 0.15) is 5.00 Å². The lowest BCUT2D eigenvalue weighted by atomic mass is 9.88. The van der Waals surface area contributed by atoms with Crippen LogP contribution < -0.4 is 20.1 Å². The first kappa shape index (κ1) is 23.6. The van der Waals surface area contributed by atoms with Crippen LogP contribution in [0.5, 0.6) is 11.5 Å². The van der Waals surface area contributed by atoms with Gasteiger partial charge in [-0.25, -0.2) is 8.42 Å². The molecule has 178 valence electrons. The van der Waals surface area contributed by atoms with Gasteiger partial charge in [0.05, 0.1) is 24.2 Å². The van der Waals surface area contributed by atoms with Crippen molar-refractivity contribution in [2.24, 2.45) is 5.92 Å². The van der Waals surface area contributed by atoms with E-state index in [9.17, 15) is 18.0 Å². The van der Waals surface area contributed by atoms with Crippen LogP contribution in [-0.4, -0.2) is 51.5 Å². The monoisotopic (exact) mass is 492 g/mol. The molecule has 4 rings (SSSR count). The number of carbonyl (C=O) groups excluding carboxylic acids is 2. The number of anilines is 1. The number of benzene rings is 1. The van der Waals surface area contributed by atoms with Crippen LogP contribution in [0, 0.1) is 5.92 Å². The molecular weight excluding hydrogens is 464 g/mol. The van der Waals surface area contributed by atoms with Gasteiger partial charge >= 0.3 is 0 Å². The van der Waals surface area contributed by atoms with Crippen molar-refractivity contribution in [3.8, 4) is 11.5 Å². The van der Waals surface area contributed by atoms with E-state index < -0.39 is 15.9 Å². The summed E-state index contributed by atoms with van der Waals surface area (Å²) in [7, 11) is -1.58. The maximum atomic E-state index is 13.2. The average molecular weight is 493 g/mol. The third-order valence-corrected chi connectivity index (χ3v) is 8.92. The Morgan fingerprint density at radius 1 is 1.18 bits per heavy atom. The van der Waals surface area contributed by atoms with E-state index in [1.807, 2.05) is 6.07 Å². The fourth-order valence-electron chi connectivity index (χ4n) is 4.29. The smallest absolute Gasteiger partial charge is 0.262 e. The summed E-state index contributed by atoms with van der Waals surface area (Å²) in [6, 6.07) is 6.65. The Bertz CT molecular complexity index is 1160. The SMILES string of the molecule is COc1ccccc1OCC(=O)Nc1sc2c(c1C(=O)N[C@H]1CCS(=O)(=O)C1)CC[C@@H](C)C2. The number of amides is 2. The van der Waals surface area contributed by atoms with Crippen molar-refractivity contribution in [3.63, 3.8) is 0 Å². The molecule has 1 fully saturated rings. The quantitative estimate of drug-likeness (QED) is 0.615. The molecule has 33 heavy (non-hydrogen) atoms. The molecule has 0 unspecified atom stereocenters. The molecule has 0 bridgehead atoms. The molecule has 1 saturated heterocycles. The molecule has 2 N–H and O–H groups in total. The summed E-state index contributed by atoms with van der Waals surface area (Å²) < 4.78 is 34.4. The summed E-state index contributed by atoms with van der Waals surface area (Å²) in [6.07, 6.45) is 2.98. The fraction of sp³-hybridized carbons (Fsp3) is 0.478. The largest absolute Gasteiger partial charge is 0.493 e. The van der Waals surface area contributed by atoms with Gasteiger partial charge in [-0.05, 0) is 49.3 Å². The van der Waals surface area contributed by atoms with Crippen LogP contribution in [0.4, 0.5) is 5.00 Å². The lowest BCUT2D eigenvalue weighted by Gasteiger charge is -2.19. The van der Waals surface area contributed by atoms with Crippen molar-refractivity contribution >= 4 is 38.0 Å². The molecule has 2 aromatic rings. The Kier molecular flexibility index (Phi) is 6.94. The van der Waals surface area contributed by atoms with Gasteiger partial charge in [-0.3, -0.25) is 9.59 Å².